The maximum atomic E-state index is 13.9. The first-order valence-electron chi connectivity index (χ1n) is 8.88. The highest BCUT2D eigenvalue weighted by Crippen LogP contribution is 2.21. The summed E-state index contributed by atoms with van der Waals surface area (Å²) in [6.07, 6.45) is 0. The van der Waals surface area contributed by atoms with Crippen LogP contribution in [0, 0.1) is 11.6 Å². The number of nitrogens with one attached hydrogen (secondary N) is 1. The molecular formula is C19H21F2N3O3S. The normalized spacial score (nSPS) is 15.4. The van der Waals surface area contributed by atoms with E-state index in [1.54, 1.807) is 18.2 Å². The summed E-state index contributed by atoms with van der Waals surface area (Å²) >= 11 is 0. The molecule has 0 spiro atoms. The first kappa shape index (κ1) is 20.2. The molecule has 3 rings (SSSR count). The Labute approximate surface area is 162 Å². The first-order valence-corrected chi connectivity index (χ1v) is 10.5. The number of carbonyl (C=O) groups excluding carboxylic acids is 1. The number of sulfonamides is 1. The monoisotopic (exact) mass is 409 g/mol. The van der Waals surface area contributed by atoms with Gasteiger partial charge in [-0.05, 0) is 36.4 Å². The molecule has 0 atom stereocenters. The Kier molecular flexibility index (Phi) is 6.25. The molecular weight excluding hydrogens is 388 g/mol. The van der Waals surface area contributed by atoms with Crippen LogP contribution in [-0.2, 0) is 10.0 Å². The van der Waals surface area contributed by atoms with Crippen LogP contribution < -0.4 is 10.2 Å². The molecule has 0 aromatic heterocycles. The molecule has 0 saturated carbocycles. The predicted molar refractivity (Wildman–Crippen MR) is 103 cm³/mol. The van der Waals surface area contributed by atoms with Crippen molar-refractivity contribution in [1.82, 2.24) is 9.62 Å². The van der Waals surface area contributed by atoms with Gasteiger partial charge in [0, 0.05) is 38.3 Å². The minimum absolute atomic E-state index is 0.0495. The average molecular weight is 409 g/mol. The van der Waals surface area contributed by atoms with Crippen LogP contribution in [0.3, 0.4) is 0 Å². The number of carbonyl (C=O) groups is 1. The van der Waals surface area contributed by atoms with E-state index in [4.69, 9.17) is 0 Å². The van der Waals surface area contributed by atoms with Gasteiger partial charge >= 0.3 is 0 Å². The fourth-order valence-corrected chi connectivity index (χ4v) is 4.38. The van der Waals surface area contributed by atoms with Crippen LogP contribution in [0.4, 0.5) is 14.5 Å². The number of rotatable bonds is 6. The van der Waals surface area contributed by atoms with Crippen molar-refractivity contribution in [3.63, 3.8) is 0 Å². The van der Waals surface area contributed by atoms with Gasteiger partial charge in [0.05, 0.1) is 11.4 Å². The minimum atomic E-state index is -3.55. The Morgan fingerprint density at radius 1 is 0.964 bits per heavy atom. The Bertz CT molecular complexity index is 928. The van der Waals surface area contributed by atoms with E-state index in [0.29, 0.717) is 18.8 Å². The van der Waals surface area contributed by atoms with Crippen LogP contribution in [0.2, 0.25) is 0 Å². The van der Waals surface area contributed by atoms with E-state index in [1.165, 1.54) is 34.6 Å². The molecule has 1 aliphatic rings. The Morgan fingerprint density at radius 2 is 1.61 bits per heavy atom. The van der Waals surface area contributed by atoms with E-state index in [0.717, 1.165) is 0 Å². The predicted octanol–water partition coefficient (Wildman–Crippen LogP) is 1.85. The highest BCUT2D eigenvalue weighted by Gasteiger charge is 2.27. The smallest absolute Gasteiger partial charge is 0.251 e. The molecule has 0 unspecified atom stereocenters. The van der Waals surface area contributed by atoms with Crippen LogP contribution in [0.5, 0.6) is 0 Å². The zero-order chi connectivity index (χ0) is 20.1. The van der Waals surface area contributed by atoms with Gasteiger partial charge in [0.15, 0.2) is 0 Å². The van der Waals surface area contributed by atoms with Gasteiger partial charge in [-0.2, -0.15) is 4.31 Å². The van der Waals surface area contributed by atoms with Gasteiger partial charge in [0.2, 0.25) is 10.0 Å². The molecule has 2 aromatic rings. The summed E-state index contributed by atoms with van der Waals surface area (Å²) in [4.78, 5) is 13.8. The second kappa shape index (κ2) is 8.66. The van der Waals surface area contributed by atoms with Crippen LogP contribution in [0.1, 0.15) is 10.4 Å². The van der Waals surface area contributed by atoms with E-state index in [9.17, 15) is 22.0 Å². The molecule has 1 N–H and O–H groups in total. The number of amides is 1. The molecule has 0 aliphatic carbocycles. The molecule has 0 bridgehead atoms. The lowest BCUT2D eigenvalue weighted by atomic mass is 10.2. The fourth-order valence-electron chi connectivity index (χ4n) is 3.04. The van der Waals surface area contributed by atoms with Gasteiger partial charge in [-0.3, -0.25) is 4.79 Å². The fraction of sp³-hybridized carbons (Fsp3) is 0.316. The third-order valence-electron chi connectivity index (χ3n) is 4.58. The molecule has 1 aliphatic heterocycles. The Hall–Kier alpha value is -2.52. The molecule has 150 valence electrons. The summed E-state index contributed by atoms with van der Waals surface area (Å²) in [7, 11) is -3.55. The van der Waals surface area contributed by atoms with Crippen molar-refractivity contribution in [1.29, 1.82) is 0 Å². The van der Waals surface area contributed by atoms with Crippen molar-refractivity contribution in [2.24, 2.45) is 0 Å². The van der Waals surface area contributed by atoms with E-state index in [1.807, 2.05) is 4.90 Å². The van der Waals surface area contributed by atoms with Crippen molar-refractivity contribution < 1.29 is 22.0 Å². The van der Waals surface area contributed by atoms with Gasteiger partial charge in [0.1, 0.15) is 11.6 Å². The SMILES string of the molecule is O=C(NCCS(=O)(=O)N1CCN(c2ccccc2F)CC1)c1ccc(F)cc1. The number of benzene rings is 2. The molecule has 2 aromatic carbocycles. The molecule has 28 heavy (non-hydrogen) atoms. The van der Waals surface area contributed by atoms with Crippen molar-refractivity contribution in [3.8, 4) is 0 Å². The number of halogens is 2. The topological polar surface area (TPSA) is 69.7 Å². The van der Waals surface area contributed by atoms with E-state index >= 15 is 0 Å². The average Bonchev–Trinajstić information content (AvgIpc) is 2.69. The highest BCUT2D eigenvalue weighted by molar-refractivity contribution is 7.89. The molecule has 1 heterocycles. The molecule has 0 radical (unpaired) electrons. The molecule has 9 heteroatoms. The number of anilines is 1. The van der Waals surface area contributed by atoms with Crippen LogP contribution in [0.25, 0.3) is 0 Å². The van der Waals surface area contributed by atoms with Crippen LogP contribution in [0.15, 0.2) is 48.5 Å². The van der Waals surface area contributed by atoms with E-state index in [-0.39, 0.29) is 36.8 Å². The third-order valence-corrected chi connectivity index (χ3v) is 6.45. The van der Waals surface area contributed by atoms with Crippen molar-refractivity contribution in [3.05, 3.63) is 65.7 Å². The first-order chi connectivity index (χ1) is 13.4. The Balaban J connectivity index is 1.49. The van der Waals surface area contributed by atoms with Gasteiger partial charge in [-0.25, -0.2) is 17.2 Å². The maximum Gasteiger partial charge on any atom is 0.251 e. The quantitative estimate of drug-likeness (QED) is 0.791. The maximum absolute atomic E-state index is 13.9. The third kappa shape index (κ3) is 4.85. The van der Waals surface area contributed by atoms with Crippen LogP contribution in [-0.4, -0.2) is 57.1 Å². The zero-order valence-electron chi connectivity index (χ0n) is 15.1. The number of hydrogen-bond acceptors (Lipinski definition) is 4. The van der Waals surface area contributed by atoms with Gasteiger partial charge < -0.3 is 10.2 Å². The number of nitrogens with zero attached hydrogens (tertiary/aromatic N) is 2. The van der Waals surface area contributed by atoms with Crippen molar-refractivity contribution in [2.45, 2.75) is 0 Å². The summed E-state index contributed by atoms with van der Waals surface area (Å²) < 4.78 is 53.1. The zero-order valence-corrected chi connectivity index (χ0v) is 16.0. The number of hydrogen-bond donors (Lipinski definition) is 1. The summed E-state index contributed by atoms with van der Waals surface area (Å²) in [5.74, 6) is -1.48. The lowest BCUT2D eigenvalue weighted by Crippen LogP contribution is -2.50. The summed E-state index contributed by atoms with van der Waals surface area (Å²) in [6.45, 7) is 1.24. The standard InChI is InChI=1S/C19H21F2N3O3S/c20-16-7-5-15(6-8-16)19(25)22-9-14-28(26,27)24-12-10-23(11-13-24)18-4-2-1-3-17(18)21/h1-8H,9-14H2,(H,22,25). The van der Waals surface area contributed by atoms with E-state index in [2.05, 4.69) is 5.32 Å². The second-order valence-corrected chi connectivity index (χ2v) is 8.50. The van der Waals surface area contributed by atoms with Gasteiger partial charge in [0.25, 0.3) is 5.91 Å². The van der Waals surface area contributed by atoms with E-state index < -0.39 is 21.7 Å². The molecule has 1 saturated heterocycles. The number of piperazine rings is 1. The molecule has 6 nitrogen and oxygen atoms in total. The van der Waals surface area contributed by atoms with Crippen LogP contribution >= 0.6 is 0 Å². The lowest BCUT2D eigenvalue weighted by Gasteiger charge is -2.35. The summed E-state index contributed by atoms with van der Waals surface area (Å²) in [5, 5.41) is 2.53. The molecule has 1 fully saturated rings. The highest BCUT2D eigenvalue weighted by atomic mass is 32.2. The summed E-state index contributed by atoms with van der Waals surface area (Å²) in [5.41, 5.74) is 0.725. The largest absolute Gasteiger partial charge is 0.367 e. The van der Waals surface area contributed by atoms with Crippen molar-refractivity contribution in [2.75, 3.05) is 43.4 Å². The second-order valence-electron chi connectivity index (χ2n) is 6.42. The van der Waals surface area contributed by atoms with Crippen molar-refractivity contribution >= 4 is 21.6 Å². The van der Waals surface area contributed by atoms with Gasteiger partial charge in [-0.15, -0.1) is 0 Å². The molecule has 1 amide bonds. The van der Waals surface area contributed by atoms with Gasteiger partial charge in [-0.1, -0.05) is 12.1 Å². The summed E-state index contributed by atoms with van der Waals surface area (Å²) in [6, 6.07) is 11.4. The minimum Gasteiger partial charge on any atom is -0.367 e. The Morgan fingerprint density at radius 3 is 2.25 bits per heavy atom. The number of para-hydroxylation sites is 1. The lowest BCUT2D eigenvalue weighted by molar-refractivity contribution is 0.0956.